The average Bonchev–Trinajstić information content (AvgIpc) is 2.67. The molecule has 1 aromatic carbocycles. The number of amides is 2. The number of para-hydroxylation sites is 1. The summed E-state index contributed by atoms with van der Waals surface area (Å²) in [5.74, 6) is -0.184. The third-order valence-electron chi connectivity index (χ3n) is 5.09. The number of hydrogen-bond donors (Lipinski definition) is 1. The van der Waals surface area contributed by atoms with Crippen LogP contribution in [0.25, 0.3) is 0 Å². The highest BCUT2D eigenvalue weighted by Crippen LogP contribution is 2.35. The number of nitrogens with one attached hydrogen (secondary N) is 1. The van der Waals surface area contributed by atoms with Crippen LogP contribution in [0.15, 0.2) is 18.2 Å². The first-order valence-electron chi connectivity index (χ1n) is 10.1. The van der Waals surface area contributed by atoms with Crippen molar-refractivity contribution in [2.45, 2.75) is 39.2 Å². The van der Waals surface area contributed by atoms with E-state index in [9.17, 15) is 9.59 Å². The molecule has 0 spiro atoms. The summed E-state index contributed by atoms with van der Waals surface area (Å²) in [5, 5.41) is 3.68. The molecule has 2 aliphatic rings. The molecule has 2 aliphatic heterocycles. The van der Waals surface area contributed by atoms with Crippen LogP contribution in [0.2, 0.25) is 5.02 Å². The quantitative estimate of drug-likeness (QED) is 0.801. The summed E-state index contributed by atoms with van der Waals surface area (Å²) in [6, 6.07) is 5.55. The number of halogens is 1. The molecule has 7 nitrogen and oxygen atoms in total. The fourth-order valence-corrected chi connectivity index (χ4v) is 3.90. The predicted octanol–water partition coefficient (Wildman–Crippen LogP) is 3.76. The molecule has 0 aliphatic carbocycles. The van der Waals surface area contributed by atoms with Gasteiger partial charge >= 0.3 is 6.09 Å². The zero-order valence-corrected chi connectivity index (χ0v) is 18.1. The lowest BCUT2D eigenvalue weighted by Crippen LogP contribution is -2.43. The summed E-state index contributed by atoms with van der Waals surface area (Å²) in [5.41, 5.74) is 1.05. The Kier molecular flexibility index (Phi) is 6.90. The fraction of sp³-hybridized carbons (Fsp3) is 0.619. The van der Waals surface area contributed by atoms with Crippen LogP contribution in [-0.2, 0) is 14.3 Å². The van der Waals surface area contributed by atoms with Gasteiger partial charge in [-0.15, -0.1) is 0 Å². The van der Waals surface area contributed by atoms with Gasteiger partial charge in [0.1, 0.15) is 5.60 Å². The number of piperidine rings is 1. The number of likely N-dealkylation sites (tertiary alicyclic amines) is 1. The van der Waals surface area contributed by atoms with Gasteiger partial charge in [-0.2, -0.15) is 0 Å². The van der Waals surface area contributed by atoms with Gasteiger partial charge in [-0.3, -0.25) is 4.79 Å². The van der Waals surface area contributed by atoms with E-state index in [2.05, 4.69) is 10.2 Å². The number of carbonyl (C=O) groups is 2. The summed E-state index contributed by atoms with van der Waals surface area (Å²) < 4.78 is 10.8. The van der Waals surface area contributed by atoms with Crippen molar-refractivity contribution < 1.29 is 19.1 Å². The number of anilines is 2. The van der Waals surface area contributed by atoms with E-state index in [0.717, 1.165) is 24.5 Å². The molecule has 2 fully saturated rings. The molecule has 29 heavy (non-hydrogen) atoms. The second-order valence-electron chi connectivity index (χ2n) is 8.47. The normalized spacial score (nSPS) is 18.5. The van der Waals surface area contributed by atoms with Crippen molar-refractivity contribution in [3.63, 3.8) is 0 Å². The standard InChI is InChI=1S/C21H30ClN3O4/c1-21(2,3)29-20(27)25-9-7-15(8-10-25)19(26)23-17-6-4-5-16(22)18(17)24-11-13-28-14-12-24/h4-6,15H,7-14H2,1-3H3,(H,23,26). The van der Waals surface area contributed by atoms with Crippen molar-refractivity contribution in [3.8, 4) is 0 Å². The minimum atomic E-state index is -0.520. The van der Waals surface area contributed by atoms with Crippen LogP contribution >= 0.6 is 11.6 Å². The minimum absolute atomic E-state index is 0.0365. The summed E-state index contributed by atoms with van der Waals surface area (Å²) in [4.78, 5) is 28.9. The Hall–Kier alpha value is -1.99. The maximum atomic E-state index is 12.9. The zero-order valence-electron chi connectivity index (χ0n) is 17.4. The van der Waals surface area contributed by atoms with Gasteiger partial charge in [-0.25, -0.2) is 4.79 Å². The van der Waals surface area contributed by atoms with E-state index in [-0.39, 0.29) is 17.9 Å². The molecule has 3 rings (SSSR count). The molecule has 1 N–H and O–H groups in total. The second kappa shape index (κ2) is 9.22. The third kappa shape index (κ3) is 5.76. The van der Waals surface area contributed by atoms with E-state index >= 15 is 0 Å². The van der Waals surface area contributed by atoms with E-state index in [0.29, 0.717) is 44.2 Å². The molecule has 0 aromatic heterocycles. The SMILES string of the molecule is CC(C)(C)OC(=O)N1CCC(C(=O)Nc2cccc(Cl)c2N2CCOCC2)CC1. The van der Waals surface area contributed by atoms with Gasteiger partial charge in [0.05, 0.1) is 29.6 Å². The van der Waals surface area contributed by atoms with Crippen LogP contribution in [0, 0.1) is 5.92 Å². The lowest BCUT2D eigenvalue weighted by molar-refractivity contribution is -0.121. The number of benzene rings is 1. The highest BCUT2D eigenvalue weighted by molar-refractivity contribution is 6.34. The molecule has 2 heterocycles. The Morgan fingerprint density at radius 3 is 2.41 bits per heavy atom. The van der Waals surface area contributed by atoms with Crippen molar-refractivity contribution in [3.05, 3.63) is 23.2 Å². The maximum Gasteiger partial charge on any atom is 0.410 e. The molecule has 0 bridgehead atoms. The van der Waals surface area contributed by atoms with Gasteiger partial charge in [0.15, 0.2) is 0 Å². The summed E-state index contributed by atoms with van der Waals surface area (Å²) in [6.45, 7) is 9.33. The lowest BCUT2D eigenvalue weighted by Gasteiger charge is -2.34. The fourth-order valence-electron chi connectivity index (χ4n) is 3.61. The Bertz CT molecular complexity index is 736. The van der Waals surface area contributed by atoms with Crippen molar-refractivity contribution in [2.75, 3.05) is 49.6 Å². The largest absolute Gasteiger partial charge is 0.444 e. The van der Waals surface area contributed by atoms with Crippen molar-refractivity contribution >= 4 is 35.0 Å². The first kappa shape index (κ1) is 21.7. The second-order valence-corrected chi connectivity index (χ2v) is 8.87. The molecule has 0 radical (unpaired) electrons. The molecule has 2 amide bonds. The van der Waals surface area contributed by atoms with Crippen molar-refractivity contribution in [2.24, 2.45) is 5.92 Å². The molecule has 0 atom stereocenters. The Morgan fingerprint density at radius 1 is 1.14 bits per heavy atom. The highest BCUT2D eigenvalue weighted by atomic mass is 35.5. The number of hydrogen-bond acceptors (Lipinski definition) is 5. The monoisotopic (exact) mass is 423 g/mol. The minimum Gasteiger partial charge on any atom is -0.444 e. The van der Waals surface area contributed by atoms with Gasteiger partial charge < -0.3 is 24.6 Å². The smallest absolute Gasteiger partial charge is 0.410 e. The van der Waals surface area contributed by atoms with E-state index in [1.807, 2.05) is 39.0 Å². The van der Waals surface area contributed by atoms with E-state index in [4.69, 9.17) is 21.1 Å². The first-order valence-corrected chi connectivity index (χ1v) is 10.5. The summed E-state index contributed by atoms with van der Waals surface area (Å²) in [6.07, 6.45) is 0.901. The zero-order chi connectivity index (χ0) is 21.0. The molecule has 0 saturated carbocycles. The number of ether oxygens (including phenoxy) is 2. The van der Waals surface area contributed by atoms with Crippen molar-refractivity contribution in [1.29, 1.82) is 0 Å². The highest BCUT2D eigenvalue weighted by Gasteiger charge is 2.30. The number of carbonyl (C=O) groups excluding carboxylic acids is 2. The Balaban J connectivity index is 1.60. The maximum absolute atomic E-state index is 12.9. The molecule has 160 valence electrons. The van der Waals surface area contributed by atoms with E-state index < -0.39 is 5.60 Å². The molecule has 2 saturated heterocycles. The van der Waals surface area contributed by atoms with Gasteiger partial charge in [0.2, 0.25) is 5.91 Å². The predicted molar refractivity (Wildman–Crippen MR) is 114 cm³/mol. The molecular weight excluding hydrogens is 394 g/mol. The summed E-state index contributed by atoms with van der Waals surface area (Å²) in [7, 11) is 0. The Morgan fingerprint density at radius 2 is 1.79 bits per heavy atom. The van der Waals surface area contributed by atoms with E-state index in [1.54, 1.807) is 4.90 Å². The van der Waals surface area contributed by atoms with Crippen LogP contribution < -0.4 is 10.2 Å². The van der Waals surface area contributed by atoms with Crippen LogP contribution in [0.4, 0.5) is 16.2 Å². The Labute approximate surface area is 177 Å². The van der Waals surface area contributed by atoms with Crippen LogP contribution in [0.5, 0.6) is 0 Å². The molecule has 0 unspecified atom stereocenters. The topological polar surface area (TPSA) is 71.1 Å². The van der Waals surface area contributed by atoms with Gasteiger partial charge in [-0.05, 0) is 45.7 Å². The van der Waals surface area contributed by atoms with Crippen molar-refractivity contribution in [1.82, 2.24) is 4.90 Å². The van der Waals surface area contributed by atoms with Crippen LogP contribution in [-0.4, -0.2) is 61.9 Å². The first-order chi connectivity index (χ1) is 13.7. The molecule has 8 heteroatoms. The summed E-state index contributed by atoms with van der Waals surface area (Å²) >= 11 is 6.45. The number of nitrogens with zero attached hydrogens (tertiary/aromatic N) is 2. The lowest BCUT2D eigenvalue weighted by atomic mass is 9.96. The van der Waals surface area contributed by atoms with Gasteiger partial charge in [-0.1, -0.05) is 17.7 Å². The molecular formula is C21H30ClN3O4. The van der Waals surface area contributed by atoms with Gasteiger partial charge in [0.25, 0.3) is 0 Å². The van der Waals surface area contributed by atoms with E-state index in [1.165, 1.54) is 0 Å². The average molecular weight is 424 g/mol. The third-order valence-corrected chi connectivity index (χ3v) is 5.39. The van der Waals surface area contributed by atoms with Crippen LogP contribution in [0.1, 0.15) is 33.6 Å². The van der Waals surface area contributed by atoms with Gasteiger partial charge in [0, 0.05) is 32.1 Å². The number of morpholine rings is 1. The number of rotatable bonds is 3. The molecule has 1 aromatic rings. The van der Waals surface area contributed by atoms with Crippen LogP contribution in [0.3, 0.4) is 0 Å².